The van der Waals surface area contributed by atoms with Gasteiger partial charge in [0.1, 0.15) is 0 Å². The van der Waals surface area contributed by atoms with E-state index >= 15 is 0 Å². The van der Waals surface area contributed by atoms with E-state index in [4.69, 9.17) is 17.3 Å². The number of nitrogens with zero attached hydrogens (tertiary/aromatic N) is 1. The van der Waals surface area contributed by atoms with Gasteiger partial charge >= 0.3 is 0 Å². The molecule has 2 aromatic rings. The fraction of sp³-hybridized carbons (Fsp3) is 0.167. The van der Waals surface area contributed by atoms with Crippen LogP contribution in [-0.4, -0.2) is 25.6 Å². The van der Waals surface area contributed by atoms with Crippen LogP contribution in [0, 0.1) is 0 Å². The Balaban J connectivity index is 2.17. The van der Waals surface area contributed by atoms with Crippen LogP contribution in [0.15, 0.2) is 28.5 Å². The summed E-state index contributed by atoms with van der Waals surface area (Å²) in [7, 11) is -3.37. The van der Waals surface area contributed by atoms with Gasteiger partial charge in [-0.25, -0.2) is 13.4 Å². The molecule has 3 N–H and O–H groups in total. The molecule has 0 aliphatic heterocycles. The number of halogens is 1. The normalized spacial score (nSPS) is 11.3. The molecule has 0 saturated carbocycles. The SMILES string of the molecule is CS(=O)(=O)c1ccc(Cl)c(NC(=O)Cc2csc(N)n2)c1. The molecule has 6 nitrogen and oxygen atoms in total. The van der Waals surface area contributed by atoms with Crippen LogP contribution in [0.1, 0.15) is 5.69 Å². The van der Waals surface area contributed by atoms with Crippen molar-refractivity contribution in [2.24, 2.45) is 0 Å². The van der Waals surface area contributed by atoms with Crippen LogP contribution in [0.4, 0.5) is 10.8 Å². The van der Waals surface area contributed by atoms with Gasteiger partial charge in [0.2, 0.25) is 5.91 Å². The number of hydrogen-bond acceptors (Lipinski definition) is 6. The monoisotopic (exact) mass is 345 g/mol. The van der Waals surface area contributed by atoms with E-state index in [0.29, 0.717) is 10.8 Å². The summed E-state index contributed by atoms with van der Waals surface area (Å²) in [6.45, 7) is 0. The quantitative estimate of drug-likeness (QED) is 0.881. The minimum Gasteiger partial charge on any atom is -0.375 e. The largest absolute Gasteiger partial charge is 0.375 e. The van der Waals surface area contributed by atoms with Crippen LogP contribution in [0.5, 0.6) is 0 Å². The van der Waals surface area contributed by atoms with Gasteiger partial charge < -0.3 is 11.1 Å². The van der Waals surface area contributed by atoms with Crippen LogP contribution in [0.2, 0.25) is 5.02 Å². The minimum absolute atomic E-state index is 0.0349. The number of aromatic nitrogens is 1. The van der Waals surface area contributed by atoms with Crippen LogP contribution in [0.25, 0.3) is 0 Å². The number of rotatable bonds is 4. The lowest BCUT2D eigenvalue weighted by Crippen LogP contribution is -2.15. The van der Waals surface area contributed by atoms with Crippen molar-refractivity contribution in [3.8, 4) is 0 Å². The van der Waals surface area contributed by atoms with Gasteiger partial charge in [-0.2, -0.15) is 0 Å². The molecule has 0 bridgehead atoms. The standard InChI is InChI=1S/C12H12ClN3O3S2/c1-21(18,19)8-2-3-9(13)10(5-8)16-11(17)4-7-6-20-12(14)15-7/h2-3,5-6H,4H2,1H3,(H2,14,15)(H,16,17). The van der Waals surface area contributed by atoms with Gasteiger partial charge in [0.25, 0.3) is 0 Å². The molecule has 0 fully saturated rings. The van der Waals surface area contributed by atoms with Gasteiger partial charge in [0, 0.05) is 11.6 Å². The smallest absolute Gasteiger partial charge is 0.230 e. The third-order valence-corrected chi connectivity index (χ3v) is 4.71. The first kappa shape index (κ1) is 15.7. The number of carbonyl (C=O) groups is 1. The van der Waals surface area contributed by atoms with E-state index in [0.717, 1.165) is 6.26 Å². The van der Waals surface area contributed by atoms with E-state index in [9.17, 15) is 13.2 Å². The fourth-order valence-corrected chi connectivity index (χ4v) is 2.97. The predicted molar refractivity (Wildman–Crippen MR) is 83.4 cm³/mol. The third kappa shape index (κ3) is 4.16. The summed E-state index contributed by atoms with van der Waals surface area (Å²) < 4.78 is 23.0. The lowest BCUT2D eigenvalue weighted by Gasteiger charge is -2.08. The van der Waals surface area contributed by atoms with Gasteiger partial charge in [-0.05, 0) is 18.2 Å². The maximum absolute atomic E-state index is 11.9. The third-order valence-electron chi connectivity index (χ3n) is 2.55. The number of nitrogen functional groups attached to an aromatic ring is 1. The Morgan fingerprint density at radius 1 is 1.48 bits per heavy atom. The summed E-state index contributed by atoms with van der Waals surface area (Å²) in [6.07, 6.45) is 1.12. The molecule has 1 aromatic carbocycles. The van der Waals surface area contributed by atoms with E-state index < -0.39 is 9.84 Å². The van der Waals surface area contributed by atoms with Gasteiger partial charge in [0.05, 0.1) is 27.7 Å². The van der Waals surface area contributed by atoms with Crippen molar-refractivity contribution in [2.75, 3.05) is 17.3 Å². The van der Waals surface area contributed by atoms with Gasteiger partial charge in [-0.1, -0.05) is 11.6 Å². The molecule has 1 aromatic heterocycles. The molecule has 21 heavy (non-hydrogen) atoms. The summed E-state index contributed by atoms with van der Waals surface area (Å²) in [5.74, 6) is -0.354. The van der Waals surface area contributed by atoms with Crippen molar-refractivity contribution in [1.82, 2.24) is 4.98 Å². The predicted octanol–water partition coefficient (Wildman–Crippen LogP) is 1.96. The molecule has 112 valence electrons. The Morgan fingerprint density at radius 3 is 2.76 bits per heavy atom. The Morgan fingerprint density at radius 2 is 2.19 bits per heavy atom. The zero-order valence-electron chi connectivity index (χ0n) is 11.0. The van der Waals surface area contributed by atoms with E-state index in [1.807, 2.05) is 0 Å². The summed E-state index contributed by atoms with van der Waals surface area (Å²) in [5.41, 5.74) is 6.28. The van der Waals surface area contributed by atoms with E-state index in [-0.39, 0.29) is 27.9 Å². The minimum atomic E-state index is -3.37. The van der Waals surface area contributed by atoms with Crippen LogP contribution >= 0.6 is 22.9 Å². The number of carbonyl (C=O) groups excluding carboxylic acids is 1. The average Bonchev–Trinajstić information content (AvgIpc) is 2.76. The van der Waals surface area contributed by atoms with E-state index in [2.05, 4.69) is 10.3 Å². The molecule has 9 heteroatoms. The highest BCUT2D eigenvalue weighted by atomic mass is 35.5. The summed E-state index contributed by atoms with van der Waals surface area (Å²) in [4.78, 5) is 16.0. The second kappa shape index (κ2) is 6.00. The number of nitrogens with two attached hydrogens (primary N) is 1. The fourth-order valence-electron chi connectivity index (χ4n) is 1.59. The topological polar surface area (TPSA) is 102 Å². The zero-order valence-corrected chi connectivity index (χ0v) is 13.3. The van der Waals surface area contributed by atoms with Crippen molar-refractivity contribution in [1.29, 1.82) is 0 Å². The summed E-state index contributed by atoms with van der Waals surface area (Å²) in [5, 5.41) is 4.89. The maximum atomic E-state index is 11.9. The first-order valence-electron chi connectivity index (χ1n) is 5.75. The molecule has 0 aliphatic carbocycles. The lowest BCUT2D eigenvalue weighted by molar-refractivity contribution is -0.115. The molecule has 2 rings (SSSR count). The molecular formula is C12H12ClN3O3S2. The summed E-state index contributed by atoms with van der Waals surface area (Å²) >= 11 is 7.20. The molecule has 0 aliphatic rings. The molecule has 1 amide bonds. The van der Waals surface area contributed by atoms with E-state index in [1.165, 1.54) is 29.5 Å². The highest BCUT2D eigenvalue weighted by Gasteiger charge is 2.13. The van der Waals surface area contributed by atoms with Crippen molar-refractivity contribution in [3.05, 3.63) is 34.3 Å². The molecular weight excluding hydrogens is 334 g/mol. The van der Waals surface area contributed by atoms with Crippen molar-refractivity contribution < 1.29 is 13.2 Å². The summed E-state index contributed by atoms with van der Waals surface area (Å²) in [6, 6.07) is 4.13. The second-order valence-corrected chi connectivity index (χ2v) is 7.63. The Bertz CT molecular complexity index is 787. The Labute approximate surface area is 130 Å². The maximum Gasteiger partial charge on any atom is 0.230 e. The first-order chi connectivity index (χ1) is 9.75. The first-order valence-corrected chi connectivity index (χ1v) is 8.90. The van der Waals surface area contributed by atoms with Crippen LogP contribution < -0.4 is 11.1 Å². The molecule has 0 saturated heterocycles. The van der Waals surface area contributed by atoms with Crippen LogP contribution in [0.3, 0.4) is 0 Å². The molecule has 1 heterocycles. The van der Waals surface area contributed by atoms with Crippen molar-refractivity contribution in [3.63, 3.8) is 0 Å². The number of nitrogens with one attached hydrogen (secondary N) is 1. The number of amides is 1. The Hall–Kier alpha value is -1.64. The number of thiazole rings is 1. The number of anilines is 2. The number of benzene rings is 1. The Kier molecular flexibility index (Phi) is 4.50. The van der Waals surface area contributed by atoms with Gasteiger partial charge in [0.15, 0.2) is 15.0 Å². The average molecular weight is 346 g/mol. The molecule has 0 unspecified atom stereocenters. The highest BCUT2D eigenvalue weighted by Crippen LogP contribution is 2.25. The molecule has 0 spiro atoms. The van der Waals surface area contributed by atoms with Gasteiger partial charge in [-0.3, -0.25) is 4.79 Å². The van der Waals surface area contributed by atoms with Crippen LogP contribution in [-0.2, 0) is 21.1 Å². The highest BCUT2D eigenvalue weighted by molar-refractivity contribution is 7.90. The molecule has 0 atom stereocenters. The van der Waals surface area contributed by atoms with E-state index in [1.54, 1.807) is 5.38 Å². The number of hydrogen-bond donors (Lipinski definition) is 2. The van der Waals surface area contributed by atoms with Crippen molar-refractivity contribution in [2.45, 2.75) is 11.3 Å². The lowest BCUT2D eigenvalue weighted by atomic mass is 10.3. The van der Waals surface area contributed by atoms with Crippen molar-refractivity contribution >= 4 is 49.5 Å². The second-order valence-electron chi connectivity index (χ2n) is 4.32. The van der Waals surface area contributed by atoms with Gasteiger partial charge in [-0.15, -0.1) is 11.3 Å². The zero-order chi connectivity index (χ0) is 15.6. The molecule has 0 radical (unpaired) electrons. The number of sulfone groups is 1.